The van der Waals surface area contributed by atoms with Crippen molar-refractivity contribution in [3.63, 3.8) is 0 Å². The van der Waals surface area contributed by atoms with E-state index in [2.05, 4.69) is 0 Å². The van der Waals surface area contributed by atoms with Crippen LogP contribution in [0.2, 0.25) is 0 Å². The van der Waals surface area contributed by atoms with E-state index in [1.807, 2.05) is 24.3 Å². The lowest BCUT2D eigenvalue weighted by atomic mass is 9.95. The van der Waals surface area contributed by atoms with Crippen molar-refractivity contribution in [1.82, 2.24) is 0 Å². The van der Waals surface area contributed by atoms with Crippen molar-refractivity contribution in [2.24, 2.45) is 5.73 Å². The van der Waals surface area contributed by atoms with Crippen molar-refractivity contribution >= 4 is 5.97 Å². The van der Waals surface area contributed by atoms with Gasteiger partial charge in [-0.2, -0.15) is 0 Å². The fourth-order valence-corrected chi connectivity index (χ4v) is 2.06. The van der Waals surface area contributed by atoms with Gasteiger partial charge < -0.3 is 20.0 Å². The predicted molar refractivity (Wildman–Crippen MR) is 74.2 cm³/mol. The second kappa shape index (κ2) is 6.25. The van der Waals surface area contributed by atoms with E-state index >= 15 is 0 Å². The molecular weight excluding hydrogens is 258 g/mol. The molecule has 1 aromatic carbocycles. The average Bonchev–Trinajstić information content (AvgIpc) is 2.94. The largest absolute Gasteiger partial charge is 0.497 e. The van der Waals surface area contributed by atoms with E-state index in [0.29, 0.717) is 18.7 Å². The van der Waals surface area contributed by atoms with Gasteiger partial charge in [0.1, 0.15) is 11.5 Å². The van der Waals surface area contributed by atoms with Crippen molar-refractivity contribution in [3.8, 4) is 5.75 Å². The summed E-state index contributed by atoms with van der Waals surface area (Å²) in [5, 5.41) is 8.83. The molecule has 2 rings (SSSR count). The van der Waals surface area contributed by atoms with Crippen molar-refractivity contribution in [2.75, 3.05) is 13.7 Å². The molecule has 1 atom stereocenters. The molecule has 5 nitrogen and oxygen atoms in total. The van der Waals surface area contributed by atoms with Gasteiger partial charge in [0.15, 0.2) is 0 Å². The van der Waals surface area contributed by atoms with E-state index in [-0.39, 0.29) is 11.7 Å². The predicted octanol–water partition coefficient (Wildman–Crippen LogP) is 2.27. The van der Waals surface area contributed by atoms with Crippen LogP contribution in [0.4, 0.5) is 0 Å². The zero-order valence-electron chi connectivity index (χ0n) is 11.2. The fourth-order valence-electron chi connectivity index (χ4n) is 2.06. The number of ether oxygens (including phenoxy) is 1. The molecule has 0 saturated carbocycles. The lowest BCUT2D eigenvalue weighted by molar-refractivity contribution is 0.0660. The first-order valence-corrected chi connectivity index (χ1v) is 6.30. The summed E-state index contributed by atoms with van der Waals surface area (Å²) in [5.74, 6) is 0.369. The third kappa shape index (κ3) is 3.19. The van der Waals surface area contributed by atoms with Crippen molar-refractivity contribution in [3.05, 3.63) is 53.5 Å². The normalized spacial score (nSPS) is 12.1. The van der Waals surface area contributed by atoms with E-state index in [4.69, 9.17) is 20.0 Å². The summed E-state index contributed by atoms with van der Waals surface area (Å²) in [4.78, 5) is 10.8. The van der Waals surface area contributed by atoms with Crippen LogP contribution in [0, 0.1) is 0 Å². The third-order valence-corrected chi connectivity index (χ3v) is 3.19. The monoisotopic (exact) mass is 275 g/mol. The molecule has 0 aliphatic heterocycles. The molecule has 0 bridgehead atoms. The Kier molecular flexibility index (Phi) is 4.42. The highest BCUT2D eigenvalue weighted by atomic mass is 16.5. The first-order chi connectivity index (χ1) is 9.63. The Morgan fingerprint density at radius 1 is 1.30 bits per heavy atom. The van der Waals surface area contributed by atoms with Gasteiger partial charge in [-0.1, -0.05) is 12.1 Å². The Balaban J connectivity index is 2.12. The van der Waals surface area contributed by atoms with Gasteiger partial charge in [-0.3, -0.25) is 0 Å². The molecule has 1 unspecified atom stereocenters. The van der Waals surface area contributed by atoms with Crippen LogP contribution in [0.25, 0.3) is 0 Å². The van der Waals surface area contributed by atoms with E-state index in [9.17, 15) is 4.79 Å². The Morgan fingerprint density at radius 2 is 2.00 bits per heavy atom. The minimum absolute atomic E-state index is 0.0505. The van der Waals surface area contributed by atoms with Crippen LogP contribution in [0.15, 0.2) is 40.8 Å². The van der Waals surface area contributed by atoms with Crippen molar-refractivity contribution < 1.29 is 19.1 Å². The number of hydrogen-bond acceptors (Lipinski definition) is 4. The lowest BCUT2D eigenvalue weighted by Gasteiger charge is -2.14. The van der Waals surface area contributed by atoms with Gasteiger partial charge in [0, 0.05) is 12.3 Å². The minimum Gasteiger partial charge on any atom is -0.497 e. The highest BCUT2D eigenvalue weighted by molar-refractivity contribution is 5.84. The number of aromatic carboxylic acids is 1. The summed E-state index contributed by atoms with van der Waals surface area (Å²) in [7, 11) is 1.62. The molecule has 0 spiro atoms. The molecule has 1 aromatic heterocycles. The minimum atomic E-state index is -1.06. The Labute approximate surface area is 117 Å². The number of rotatable bonds is 6. The van der Waals surface area contributed by atoms with Crippen LogP contribution in [-0.4, -0.2) is 24.7 Å². The van der Waals surface area contributed by atoms with Crippen molar-refractivity contribution in [2.45, 2.75) is 12.3 Å². The summed E-state index contributed by atoms with van der Waals surface area (Å²) in [6, 6.07) is 10.8. The van der Waals surface area contributed by atoms with Crippen LogP contribution in [0.5, 0.6) is 5.75 Å². The maximum Gasteiger partial charge on any atom is 0.371 e. The van der Waals surface area contributed by atoms with Gasteiger partial charge in [0.05, 0.1) is 7.11 Å². The van der Waals surface area contributed by atoms with Crippen molar-refractivity contribution in [1.29, 1.82) is 0 Å². The standard InChI is InChI=1S/C15H17NO4/c1-19-12-4-2-10(3-5-12)11(9-16)8-13-6-7-14(20-13)15(17)18/h2-7,11H,8-9,16H2,1H3,(H,17,18). The Morgan fingerprint density at radius 3 is 2.50 bits per heavy atom. The molecule has 0 saturated heterocycles. The molecule has 1 heterocycles. The molecular formula is C15H17NO4. The highest BCUT2D eigenvalue weighted by Crippen LogP contribution is 2.23. The van der Waals surface area contributed by atoms with Crippen LogP contribution in [0.1, 0.15) is 27.8 Å². The molecule has 106 valence electrons. The first-order valence-electron chi connectivity index (χ1n) is 6.30. The molecule has 5 heteroatoms. The molecule has 0 fully saturated rings. The van der Waals surface area contributed by atoms with Crippen LogP contribution in [0.3, 0.4) is 0 Å². The smallest absolute Gasteiger partial charge is 0.371 e. The number of nitrogens with two attached hydrogens (primary N) is 1. The zero-order chi connectivity index (χ0) is 14.5. The number of benzene rings is 1. The Bertz CT molecular complexity index is 574. The summed E-state index contributed by atoms with van der Waals surface area (Å²) in [6.07, 6.45) is 0.566. The summed E-state index contributed by atoms with van der Waals surface area (Å²) in [6.45, 7) is 0.454. The summed E-state index contributed by atoms with van der Waals surface area (Å²) in [5.41, 5.74) is 6.87. The maximum atomic E-state index is 10.8. The fraction of sp³-hybridized carbons (Fsp3) is 0.267. The van der Waals surface area contributed by atoms with E-state index < -0.39 is 5.97 Å². The topological polar surface area (TPSA) is 85.7 Å². The number of carbonyl (C=O) groups is 1. The molecule has 0 aliphatic carbocycles. The van der Waals surface area contributed by atoms with Crippen LogP contribution < -0.4 is 10.5 Å². The van der Waals surface area contributed by atoms with Gasteiger partial charge in [0.25, 0.3) is 0 Å². The number of hydrogen-bond donors (Lipinski definition) is 2. The quantitative estimate of drug-likeness (QED) is 0.844. The SMILES string of the molecule is COc1ccc(C(CN)Cc2ccc(C(=O)O)o2)cc1. The number of carboxylic acids is 1. The second-order valence-corrected chi connectivity index (χ2v) is 4.48. The lowest BCUT2D eigenvalue weighted by Crippen LogP contribution is -2.14. The summed E-state index contributed by atoms with van der Waals surface area (Å²) >= 11 is 0. The number of furan rings is 1. The zero-order valence-corrected chi connectivity index (χ0v) is 11.2. The average molecular weight is 275 g/mol. The van der Waals surface area contributed by atoms with E-state index in [0.717, 1.165) is 11.3 Å². The highest BCUT2D eigenvalue weighted by Gasteiger charge is 2.15. The molecule has 2 aromatic rings. The maximum absolute atomic E-state index is 10.8. The van der Waals surface area contributed by atoms with Gasteiger partial charge >= 0.3 is 5.97 Å². The Hall–Kier alpha value is -2.27. The van der Waals surface area contributed by atoms with Crippen LogP contribution in [-0.2, 0) is 6.42 Å². The second-order valence-electron chi connectivity index (χ2n) is 4.48. The number of carboxylic acid groups (broad SMARTS) is 1. The van der Waals surface area contributed by atoms with Gasteiger partial charge in [0.2, 0.25) is 5.76 Å². The van der Waals surface area contributed by atoms with Gasteiger partial charge in [-0.05, 0) is 36.4 Å². The molecule has 0 aliphatic rings. The van der Waals surface area contributed by atoms with Gasteiger partial charge in [-0.25, -0.2) is 4.79 Å². The summed E-state index contributed by atoms with van der Waals surface area (Å²) < 4.78 is 10.4. The van der Waals surface area contributed by atoms with E-state index in [1.165, 1.54) is 6.07 Å². The first kappa shape index (κ1) is 14.1. The van der Waals surface area contributed by atoms with E-state index in [1.54, 1.807) is 13.2 Å². The molecule has 20 heavy (non-hydrogen) atoms. The molecule has 3 N–H and O–H groups in total. The molecule has 0 radical (unpaired) electrons. The van der Waals surface area contributed by atoms with Gasteiger partial charge in [-0.15, -0.1) is 0 Å². The third-order valence-electron chi connectivity index (χ3n) is 3.19. The molecule has 0 amide bonds. The van der Waals surface area contributed by atoms with Crippen LogP contribution >= 0.6 is 0 Å². The number of methoxy groups -OCH3 is 1.